The largest absolute Gasteiger partial charge is 0.345 e. The van der Waals surface area contributed by atoms with Crippen LogP contribution in [0.2, 0.25) is 0 Å². The Labute approximate surface area is 170 Å². The van der Waals surface area contributed by atoms with E-state index in [1.54, 1.807) is 13.1 Å². The molecule has 0 amide bonds. The van der Waals surface area contributed by atoms with Crippen molar-refractivity contribution in [3.63, 3.8) is 0 Å². The number of aromatic amines is 1. The van der Waals surface area contributed by atoms with Gasteiger partial charge in [-0.2, -0.15) is 0 Å². The molecule has 1 unspecified atom stereocenters. The van der Waals surface area contributed by atoms with Crippen LogP contribution in [-0.2, 0) is 9.84 Å². The van der Waals surface area contributed by atoms with E-state index in [2.05, 4.69) is 32.0 Å². The molecule has 0 spiro atoms. The van der Waals surface area contributed by atoms with Gasteiger partial charge in [-0.25, -0.2) is 27.8 Å². The summed E-state index contributed by atoms with van der Waals surface area (Å²) < 4.78 is 38.4. The van der Waals surface area contributed by atoms with Crippen molar-refractivity contribution in [2.75, 3.05) is 5.88 Å². The van der Waals surface area contributed by atoms with E-state index in [9.17, 15) is 22.9 Å². The molecule has 0 bridgehead atoms. The molecule has 30 heavy (non-hydrogen) atoms. The monoisotopic (exact) mass is 432 g/mol. The Hall–Kier alpha value is -3.51. The minimum atomic E-state index is -3.75. The Morgan fingerprint density at radius 2 is 2.10 bits per heavy atom. The van der Waals surface area contributed by atoms with Crippen LogP contribution in [0.5, 0.6) is 0 Å². The second-order valence-corrected chi connectivity index (χ2v) is 8.24. The van der Waals surface area contributed by atoms with Crippen LogP contribution < -0.4 is 5.32 Å². The first-order valence-electron chi connectivity index (χ1n) is 8.59. The van der Waals surface area contributed by atoms with Crippen molar-refractivity contribution in [1.82, 2.24) is 15.3 Å². The quantitative estimate of drug-likeness (QED) is 0.254. The number of rotatable bonds is 7. The Bertz CT molecular complexity index is 1240. The lowest BCUT2D eigenvalue weighted by molar-refractivity contribution is -0.384. The molecule has 1 atom stereocenters. The van der Waals surface area contributed by atoms with Gasteiger partial charge in [-0.05, 0) is 31.8 Å². The van der Waals surface area contributed by atoms with E-state index in [0.717, 1.165) is 18.3 Å². The zero-order valence-corrected chi connectivity index (χ0v) is 16.6. The predicted molar refractivity (Wildman–Crippen MR) is 110 cm³/mol. The van der Waals surface area contributed by atoms with Gasteiger partial charge in [-0.3, -0.25) is 15.4 Å². The fourth-order valence-corrected chi connectivity index (χ4v) is 3.85. The second kappa shape index (κ2) is 8.47. The van der Waals surface area contributed by atoms with Crippen LogP contribution in [0.3, 0.4) is 0 Å². The van der Waals surface area contributed by atoms with Crippen LogP contribution in [0.4, 0.5) is 10.1 Å². The Morgan fingerprint density at radius 1 is 1.40 bits per heavy atom. The van der Waals surface area contributed by atoms with Crippen molar-refractivity contribution >= 4 is 39.1 Å². The number of fused-ring (bicyclic) bond motifs is 1. The number of halogens is 1. The average Bonchev–Trinajstić information content (AvgIpc) is 3.13. The highest BCUT2D eigenvalue weighted by Crippen LogP contribution is 2.19. The third kappa shape index (κ3) is 4.55. The van der Waals surface area contributed by atoms with E-state index in [1.807, 2.05) is 0 Å². The third-order valence-electron chi connectivity index (χ3n) is 4.18. The van der Waals surface area contributed by atoms with Crippen molar-refractivity contribution in [2.24, 2.45) is 9.98 Å². The molecule has 10 nitrogen and oxygen atoms in total. The highest BCUT2D eigenvalue weighted by atomic mass is 32.2. The van der Waals surface area contributed by atoms with Gasteiger partial charge in [-0.15, -0.1) is 0 Å². The number of pyridine rings is 1. The van der Waals surface area contributed by atoms with Crippen molar-refractivity contribution in [3.05, 3.63) is 64.2 Å². The summed E-state index contributed by atoms with van der Waals surface area (Å²) in [6.45, 7) is 5.08. The van der Waals surface area contributed by atoms with Gasteiger partial charge < -0.3 is 4.98 Å². The molecule has 3 rings (SSSR count). The first-order valence-corrected chi connectivity index (χ1v) is 10.2. The highest BCUT2D eigenvalue weighted by molar-refractivity contribution is 7.91. The number of nitrogens with zero attached hydrogens (tertiary/aromatic N) is 4. The van der Waals surface area contributed by atoms with Gasteiger partial charge in [0.1, 0.15) is 17.3 Å². The fraction of sp³-hybridized carbons (Fsp3) is 0.167. The Kier molecular flexibility index (Phi) is 5.99. The van der Waals surface area contributed by atoms with Crippen molar-refractivity contribution in [3.8, 4) is 0 Å². The van der Waals surface area contributed by atoms with Gasteiger partial charge >= 0.3 is 0 Å². The molecular weight excluding hydrogens is 415 g/mol. The zero-order chi connectivity index (χ0) is 21.9. The molecule has 12 heteroatoms. The number of hydrogen-bond donors (Lipinski definition) is 2. The van der Waals surface area contributed by atoms with Crippen LogP contribution in [0.15, 0.2) is 57.6 Å². The summed E-state index contributed by atoms with van der Waals surface area (Å²) in [5.74, 6) is -0.794. The van der Waals surface area contributed by atoms with Gasteiger partial charge in [0.15, 0.2) is 15.7 Å². The summed E-state index contributed by atoms with van der Waals surface area (Å²) in [5, 5.41) is 13.9. The first-order chi connectivity index (χ1) is 14.2. The molecule has 0 aliphatic rings. The van der Waals surface area contributed by atoms with E-state index in [4.69, 9.17) is 0 Å². The molecule has 3 aromatic rings. The van der Waals surface area contributed by atoms with E-state index < -0.39 is 32.6 Å². The normalized spacial score (nSPS) is 13.3. The SMILES string of the molecule is C=NC(=NC(C)NCS(=O)(=O)c1ccc([N+](=O)[O-])cc1)c1c[nH]c2ncc(F)cc12. The van der Waals surface area contributed by atoms with Gasteiger partial charge in [0, 0.05) is 29.3 Å². The van der Waals surface area contributed by atoms with Gasteiger partial charge in [0.05, 0.1) is 22.2 Å². The molecule has 156 valence electrons. The minimum Gasteiger partial charge on any atom is -0.345 e. The number of benzene rings is 1. The smallest absolute Gasteiger partial charge is 0.269 e. The summed E-state index contributed by atoms with van der Waals surface area (Å²) >= 11 is 0. The Balaban J connectivity index is 1.76. The summed E-state index contributed by atoms with van der Waals surface area (Å²) in [6.07, 6.45) is 1.96. The lowest BCUT2D eigenvalue weighted by atomic mass is 10.2. The molecule has 1 aromatic carbocycles. The number of hydrogen-bond acceptors (Lipinski definition) is 7. The Morgan fingerprint density at radius 3 is 2.73 bits per heavy atom. The first kappa shape index (κ1) is 21.2. The molecule has 2 aromatic heterocycles. The fourth-order valence-electron chi connectivity index (χ4n) is 2.68. The van der Waals surface area contributed by atoms with Crippen LogP contribution in [-0.4, -0.2) is 47.9 Å². The number of nitro groups is 1. The van der Waals surface area contributed by atoms with E-state index in [1.165, 1.54) is 18.2 Å². The molecule has 0 aliphatic carbocycles. The van der Waals surface area contributed by atoms with Crippen molar-refractivity contribution in [2.45, 2.75) is 18.0 Å². The number of amidine groups is 1. The lowest BCUT2D eigenvalue weighted by Gasteiger charge is -2.11. The molecule has 0 saturated heterocycles. The van der Waals surface area contributed by atoms with Crippen LogP contribution >= 0.6 is 0 Å². The zero-order valence-electron chi connectivity index (χ0n) is 15.7. The van der Waals surface area contributed by atoms with Crippen LogP contribution in [0.1, 0.15) is 12.5 Å². The number of aliphatic imine (C=N–C) groups is 2. The highest BCUT2D eigenvalue weighted by Gasteiger charge is 2.18. The summed E-state index contributed by atoms with van der Waals surface area (Å²) in [6, 6.07) is 5.88. The topological polar surface area (TPSA) is 143 Å². The molecule has 0 saturated carbocycles. The minimum absolute atomic E-state index is 0.0583. The number of H-pyrrole nitrogens is 1. The number of nitro benzene ring substituents is 1. The van der Waals surface area contributed by atoms with Crippen LogP contribution in [0, 0.1) is 15.9 Å². The van der Waals surface area contributed by atoms with Gasteiger partial charge in [0.25, 0.3) is 5.69 Å². The molecule has 2 heterocycles. The van der Waals surface area contributed by atoms with Gasteiger partial charge in [-0.1, -0.05) is 0 Å². The standard InChI is InChI=1S/C18H17FN6O4S/c1-11(23-10-30(28,29)14-5-3-13(4-6-14)25(26)27)24-17(20-2)16-9-22-18-15(16)7-12(19)8-21-18/h3-9,11,23H,2,10H2,1H3,(H,21,22). The third-order valence-corrected chi connectivity index (χ3v) is 5.72. The molecule has 2 N–H and O–H groups in total. The number of sulfone groups is 1. The maximum absolute atomic E-state index is 13.5. The van der Waals surface area contributed by atoms with E-state index >= 15 is 0 Å². The second-order valence-electron chi connectivity index (χ2n) is 6.25. The summed E-state index contributed by atoms with van der Waals surface area (Å²) in [4.78, 5) is 25.0. The maximum Gasteiger partial charge on any atom is 0.269 e. The lowest BCUT2D eigenvalue weighted by Crippen LogP contribution is -2.31. The van der Waals surface area contributed by atoms with Crippen molar-refractivity contribution in [1.29, 1.82) is 0 Å². The average molecular weight is 432 g/mol. The van der Waals surface area contributed by atoms with Crippen LogP contribution in [0.25, 0.3) is 11.0 Å². The maximum atomic E-state index is 13.5. The summed E-state index contributed by atoms with van der Waals surface area (Å²) in [5.41, 5.74) is 0.717. The molecule has 0 aliphatic heterocycles. The van der Waals surface area contributed by atoms with Crippen molar-refractivity contribution < 1.29 is 17.7 Å². The van der Waals surface area contributed by atoms with Gasteiger partial charge in [0.2, 0.25) is 0 Å². The summed E-state index contributed by atoms with van der Waals surface area (Å²) in [7, 11) is -3.75. The molecular formula is C18H17FN6O4S. The number of non-ortho nitro benzene ring substituents is 1. The molecule has 0 fully saturated rings. The van der Waals surface area contributed by atoms with E-state index in [-0.39, 0.29) is 16.4 Å². The molecule has 0 radical (unpaired) electrons. The van der Waals surface area contributed by atoms with E-state index in [0.29, 0.717) is 16.6 Å². The predicted octanol–water partition coefficient (Wildman–Crippen LogP) is 2.42. The number of aromatic nitrogens is 2. The number of nitrogens with one attached hydrogen (secondary N) is 2.